The lowest BCUT2D eigenvalue weighted by atomic mass is 9.90. The van der Waals surface area contributed by atoms with Gasteiger partial charge >= 0.3 is 0 Å². The molecule has 3 aromatic carbocycles. The van der Waals surface area contributed by atoms with Crippen molar-refractivity contribution in [2.45, 2.75) is 282 Å². The summed E-state index contributed by atoms with van der Waals surface area (Å²) in [6.45, 7) is 16.7. The van der Waals surface area contributed by atoms with E-state index in [0.717, 1.165) is 0 Å². The molecule has 0 spiro atoms. The van der Waals surface area contributed by atoms with Crippen LogP contribution in [0.5, 0.6) is 5.75 Å². The highest BCUT2D eigenvalue weighted by molar-refractivity contribution is 6.41. The number of aromatic amines is 1. The number of carbonyl (C=O) groups is 16. The van der Waals surface area contributed by atoms with Gasteiger partial charge < -0.3 is 101 Å². The Labute approximate surface area is 712 Å². The zero-order valence-electron chi connectivity index (χ0n) is 72.1. The van der Waals surface area contributed by atoms with Crippen LogP contribution in [0, 0.1) is 17.8 Å². The van der Waals surface area contributed by atoms with Crippen LogP contribution in [0.15, 0.2) is 97.2 Å². The Morgan fingerprint density at radius 1 is 0.557 bits per heavy atom. The number of rotatable bonds is 30. The maximum absolute atomic E-state index is 15.2. The van der Waals surface area contributed by atoms with E-state index in [-0.39, 0.29) is 81.9 Å². The Balaban J connectivity index is 1.59. The van der Waals surface area contributed by atoms with Gasteiger partial charge in [-0.2, -0.15) is 0 Å². The van der Waals surface area contributed by atoms with E-state index in [2.05, 4.69) is 74.1 Å². The lowest BCUT2D eigenvalue weighted by Gasteiger charge is -2.33. The fourth-order valence-electron chi connectivity index (χ4n) is 13.8. The van der Waals surface area contributed by atoms with Gasteiger partial charge in [-0.1, -0.05) is 133 Å². The number of Topliss-reactive ketones (excluding diaryl/α,β-unsaturated/α-hetero) is 2. The minimum absolute atomic E-state index is 0.00285. The van der Waals surface area contributed by atoms with Crippen LogP contribution < -0.4 is 80.6 Å². The zero-order valence-corrected chi connectivity index (χ0v) is 72.1. The summed E-state index contributed by atoms with van der Waals surface area (Å²) in [6.07, 6.45) is 6.98. The van der Waals surface area contributed by atoms with E-state index in [0.29, 0.717) is 79.0 Å². The molecule has 5 rings (SSSR count). The third kappa shape index (κ3) is 33.2. The number of primary amides is 2. The van der Waals surface area contributed by atoms with Crippen molar-refractivity contribution < 1.29 is 92.0 Å². The first kappa shape index (κ1) is 101. The molecule has 0 fully saturated rings. The van der Waals surface area contributed by atoms with Crippen LogP contribution in [0.2, 0.25) is 0 Å². The van der Waals surface area contributed by atoms with Gasteiger partial charge in [-0.15, -0.1) is 0 Å². The number of nitrogens with two attached hydrogens (primary N) is 2. The van der Waals surface area contributed by atoms with Crippen LogP contribution in [0.3, 0.4) is 0 Å². The number of aliphatic hydroxyl groups is 2. The monoisotopic (exact) mass is 1700 g/mol. The van der Waals surface area contributed by atoms with E-state index in [1.807, 2.05) is 39.8 Å². The number of carbonyl (C=O) groups excluding carboxylic acids is 16. The Morgan fingerprint density at radius 2 is 1.16 bits per heavy atom. The number of aromatic nitrogens is 1. The third-order valence-electron chi connectivity index (χ3n) is 21.3. The topological polar surface area (TPSA) is 558 Å². The predicted octanol–water partition coefficient (Wildman–Crippen LogP) is 1.39. The van der Waals surface area contributed by atoms with E-state index in [4.69, 9.17) is 11.5 Å². The van der Waals surface area contributed by atoms with Crippen LogP contribution in [-0.4, -0.2) is 211 Å². The number of amides is 14. The molecule has 2 heterocycles. The Kier molecular flexibility index (Phi) is 41.0. The number of nitrogens with one attached hydrogen (secondary N) is 14. The number of benzene rings is 3. The number of ketones is 2. The molecule has 14 amide bonds. The number of aromatic hydroxyl groups is 1. The van der Waals surface area contributed by atoms with Gasteiger partial charge in [0, 0.05) is 56.3 Å². The van der Waals surface area contributed by atoms with Crippen molar-refractivity contribution in [1.82, 2.24) is 74.1 Å². The summed E-state index contributed by atoms with van der Waals surface area (Å²) in [4.78, 5) is 229. The number of fused-ring (bicyclic) bond motifs is 1. The molecule has 0 aliphatic carbocycles. The molecule has 0 radical (unpaired) electrons. The minimum atomic E-state index is -1.89. The van der Waals surface area contributed by atoms with Crippen LogP contribution in [0.4, 0.5) is 0 Å². The summed E-state index contributed by atoms with van der Waals surface area (Å²) < 4.78 is 0. The highest BCUT2D eigenvalue weighted by atomic mass is 16.3. The molecule has 4 aromatic rings. The second kappa shape index (κ2) is 49.5. The summed E-state index contributed by atoms with van der Waals surface area (Å²) in [5.41, 5.74) is 9.29. The van der Waals surface area contributed by atoms with Crippen molar-refractivity contribution in [2.24, 2.45) is 29.2 Å². The molecule has 15 atom stereocenters. The highest BCUT2D eigenvalue weighted by Crippen LogP contribution is 2.25. The van der Waals surface area contributed by atoms with Gasteiger partial charge in [-0.25, -0.2) is 0 Å². The average molecular weight is 1700 g/mol. The van der Waals surface area contributed by atoms with Crippen LogP contribution in [0.1, 0.15) is 196 Å². The van der Waals surface area contributed by atoms with E-state index < -0.39 is 197 Å². The second-order valence-corrected chi connectivity index (χ2v) is 33.1. The number of hydrogen-bond acceptors (Lipinski definition) is 20. The predicted molar refractivity (Wildman–Crippen MR) is 455 cm³/mol. The van der Waals surface area contributed by atoms with Crippen LogP contribution in [-0.2, 0) is 96.0 Å². The summed E-state index contributed by atoms with van der Waals surface area (Å²) in [7, 11) is 0. The van der Waals surface area contributed by atoms with Gasteiger partial charge in [0.05, 0.1) is 30.7 Å². The quantitative estimate of drug-likeness (QED) is 0.0259. The molecule has 3 unspecified atom stereocenters. The number of para-hydroxylation sites is 1. The largest absolute Gasteiger partial charge is 0.508 e. The molecule has 21 N–H and O–H groups in total. The van der Waals surface area contributed by atoms with Gasteiger partial charge in [-0.3, -0.25) is 76.7 Å². The lowest BCUT2D eigenvalue weighted by molar-refractivity contribution is -0.140. The van der Waals surface area contributed by atoms with E-state index in [9.17, 15) is 72.9 Å². The van der Waals surface area contributed by atoms with Gasteiger partial charge in [0.2, 0.25) is 94.3 Å². The first-order chi connectivity index (χ1) is 57.5. The van der Waals surface area contributed by atoms with Crippen LogP contribution >= 0.6 is 0 Å². The SMILES string of the molecule is CC(=O)N[C@@H](CC(C)C)C(=O)N[C@H](C(=O)N[C@@H](Cc1ccccc1)C(=O)N[C@]1(C)CCCCCCC/C=C\CCC[C@@](C)(C(=O)NC(CO)C(=O)N[C@@H](C)C(=O)NC(C)C(N)=O)NC(=O)[C@H](CCC(C)C)CN[C@@H](CCC(N)=O)C(=O)C(=O)[C@H](C)NC(=O)[C@H](Cc2c[nH]c3ccccc23)NC(=O)[C@H](Cc2ccc(O)cc2)NC(=O)C(C)NC1=O)[C@@H](C)O. The number of hydrogen-bond donors (Lipinski definition) is 19. The third-order valence-corrected chi connectivity index (χ3v) is 21.3. The molecule has 1 aliphatic rings. The van der Waals surface area contributed by atoms with Gasteiger partial charge in [0.25, 0.3) is 0 Å². The number of allylic oxidation sites excluding steroid dienone is 2. The molecule has 35 nitrogen and oxygen atoms in total. The Hall–Kier alpha value is -11.5. The molecule has 122 heavy (non-hydrogen) atoms. The van der Waals surface area contributed by atoms with Crippen molar-refractivity contribution in [3.8, 4) is 5.75 Å². The van der Waals surface area contributed by atoms with E-state index in [1.165, 1.54) is 79.7 Å². The maximum atomic E-state index is 15.2. The maximum Gasteiger partial charge on any atom is 0.246 e. The van der Waals surface area contributed by atoms with E-state index >= 15 is 19.2 Å². The van der Waals surface area contributed by atoms with Gasteiger partial charge in [0.15, 0.2) is 0 Å². The highest BCUT2D eigenvalue weighted by Gasteiger charge is 2.43. The first-order valence-electron chi connectivity index (χ1n) is 41.9. The lowest BCUT2D eigenvalue weighted by Crippen LogP contribution is -2.64. The van der Waals surface area contributed by atoms with Crippen molar-refractivity contribution in [3.63, 3.8) is 0 Å². The molecule has 35 heteroatoms. The minimum Gasteiger partial charge on any atom is -0.508 e. The van der Waals surface area contributed by atoms with Crippen molar-refractivity contribution >= 4 is 105 Å². The number of phenolic OH excluding ortho intramolecular Hbond substituents is 1. The Bertz CT molecular complexity index is 4290. The molecule has 1 aliphatic heterocycles. The first-order valence-corrected chi connectivity index (χ1v) is 41.9. The normalized spacial score (nSPS) is 22.8. The molecular weight excluding hydrogens is 1570 g/mol. The van der Waals surface area contributed by atoms with E-state index in [1.54, 1.807) is 60.8 Å². The molecular formula is C87H128N16O19. The molecule has 0 saturated carbocycles. The molecule has 0 bridgehead atoms. The van der Waals surface area contributed by atoms with Crippen molar-refractivity contribution in [3.05, 3.63) is 114 Å². The summed E-state index contributed by atoms with van der Waals surface area (Å²) in [6, 6.07) is 5.06. The fourth-order valence-corrected chi connectivity index (χ4v) is 13.8. The molecule has 670 valence electrons. The van der Waals surface area contributed by atoms with Crippen molar-refractivity contribution in [2.75, 3.05) is 13.2 Å². The number of phenols is 1. The summed E-state index contributed by atoms with van der Waals surface area (Å²) in [5, 5.41) is 67.1. The number of aliphatic hydroxyl groups excluding tert-OH is 2. The van der Waals surface area contributed by atoms with Gasteiger partial charge in [-0.05, 0) is 153 Å². The molecule has 0 saturated heterocycles. The zero-order chi connectivity index (χ0) is 90.7. The molecule has 1 aromatic heterocycles. The van der Waals surface area contributed by atoms with Gasteiger partial charge in [0.1, 0.15) is 71.2 Å². The smallest absolute Gasteiger partial charge is 0.246 e. The van der Waals surface area contributed by atoms with Crippen LogP contribution in [0.25, 0.3) is 10.9 Å². The summed E-state index contributed by atoms with van der Waals surface area (Å²) >= 11 is 0. The number of H-pyrrole nitrogens is 1. The standard InChI is InChI=1S/C87H128N16O19/c1-49(2)32-35-59-46-91-64(38-39-70(88)108)73(110)72(109)51(5)92-78(115)68(45-60-47-90-63-31-25-24-30-62(60)63)98-79(116)66(44-58-33-36-61(107)37-34-58)97-76(113)54(8)95-84(121)86(11,103-82(119)67(43-57-28-22-21-23-29-57)99-83(120)71(55(9)105)101-80(117)65(42-50(3)4)96-56(10)106)40-26-19-17-15-13-14-16-18-20-27-41-87(12,102-77(59)114)85(122)100-69(48-104)81(118)94-53(7)75(112)93-52(6)74(89)111/h16,18,21-25,28-31,33-34,36-37,47,49-55,59,64-69,71,90-91,104-105,107H,13-15,17,19-20,26-27,32,35,38-46,48H2,1-12H3,(H2,88,108)(H2,89,111)(H,92,115)(H,93,112)(H,94,118)(H,95,121)(H,96,106)(H,97,113)(H,98,116)(H,99,120)(H,100,122)(H,101,117)(H,102,114)(H,103,119)/b18-16-/t51-,52?,53-,54?,55+,59+,64-,65-,66-,67-,68-,69?,71-,86+,87-/m0/s1. The summed E-state index contributed by atoms with van der Waals surface area (Å²) in [5.74, 6) is -15.7. The van der Waals surface area contributed by atoms with Crippen molar-refractivity contribution in [1.29, 1.82) is 0 Å². The Morgan fingerprint density at radius 3 is 1.80 bits per heavy atom. The second-order valence-electron chi connectivity index (χ2n) is 33.1. The average Bonchev–Trinajstić information content (AvgIpc) is 1.52. The fraction of sp³-hybridized carbons (Fsp3) is 0.563.